The highest BCUT2D eigenvalue weighted by Gasteiger charge is 2.26. The quantitative estimate of drug-likeness (QED) is 0.899. The summed E-state index contributed by atoms with van der Waals surface area (Å²) in [6, 6.07) is 10.2. The van der Waals surface area contributed by atoms with Crippen molar-refractivity contribution in [1.82, 2.24) is 19.7 Å². The number of rotatable bonds is 5. The number of aromatic nitrogens is 3. The molecule has 3 heterocycles. The van der Waals surface area contributed by atoms with E-state index >= 15 is 0 Å². The Morgan fingerprint density at radius 2 is 1.96 bits per heavy atom. The molecule has 0 saturated carbocycles. The number of nitrogens with one attached hydrogen (secondary N) is 1. The van der Waals surface area contributed by atoms with Gasteiger partial charge in [0.25, 0.3) is 0 Å². The second kappa shape index (κ2) is 7.54. The van der Waals surface area contributed by atoms with Crippen LogP contribution in [0.4, 0.5) is 0 Å². The van der Waals surface area contributed by atoms with Gasteiger partial charge in [0.2, 0.25) is 0 Å². The summed E-state index contributed by atoms with van der Waals surface area (Å²) in [5, 5.41) is 8.14. The Morgan fingerprint density at radius 3 is 2.68 bits per heavy atom. The minimum Gasteiger partial charge on any atom is -0.376 e. The van der Waals surface area contributed by atoms with Crippen LogP contribution in [0.15, 0.2) is 35.1 Å². The predicted octanol–water partition coefficient (Wildman–Crippen LogP) is 1.74. The largest absolute Gasteiger partial charge is 0.376 e. The Kier molecular flexibility index (Phi) is 4.99. The third-order valence-corrected chi connectivity index (χ3v) is 5.24. The second-order valence-electron chi connectivity index (χ2n) is 7.05. The fourth-order valence-corrected chi connectivity index (χ4v) is 3.85. The molecule has 6 nitrogen and oxygen atoms in total. The zero-order valence-corrected chi connectivity index (χ0v) is 14.6. The first-order valence-electron chi connectivity index (χ1n) is 9.35. The maximum Gasteiger partial charge on any atom is 0.346 e. The normalized spacial score (nSPS) is 21.7. The van der Waals surface area contributed by atoms with E-state index in [0.717, 1.165) is 56.8 Å². The van der Waals surface area contributed by atoms with E-state index < -0.39 is 0 Å². The Bertz CT molecular complexity index is 741. The Morgan fingerprint density at radius 1 is 1.16 bits per heavy atom. The standard InChI is InChI=1S/C19H26N4O2/c24-19-22(13-15-5-2-1-3-6-15)18(16-8-10-20-11-9-16)21-23(19)14-17-7-4-12-25-17/h1-3,5-6,16-17,20H,4,7-14H2/t17-/m1/s1. The highest BCUT2D eigenvalue weighted by molar-refractivity contribution is 5.16. The molecule has 2 saturated heterocycles. The van der Waals surface area contributed by atoms with Crippen molar-refractivity contribution in [3.05, 3.63) is 52.2 Å². The van der Waals surface area contributed by atoms with Gasteiger partial charge in [0, 0.05) is 12.5 Å². The third kappa shape index (κ3) is 3.70. The lowest BCUT2D eigenvalue weighted by Crippen LogP contribution is -2.31. The average Bonchev–Trinajstić information content (AvgIpc) is 3.27. The Balaban J connectivity index is 1.65. The molecule has 0 aliphatic carbocycles. The SMILES string of the molecule is O=c1n(C[C@H]2CCCO2)nc(C2CCNCC2)n1Cc1ccccc1. The van der Waals surface area contributed by atoms with E-state index in [9.17, 15) is 4.79 Å². The number of nitrogens with zero attached hydrogens (tertiary/aromatic N) is 3. The van der Waals surface area contributed by atoms with Crippen LogP contribution in [0.3, 0.4) is 0 Å². The van der Waals surface area contributed by atoms with Gasteiger partial charge < -0.3 is 10.1 Å². The van der Waals surface area contributed by atoms with E-state index in [1.165, 1.54) is 0 Å². The maximum absolute atomic E-state index is 13.0. The van der Waals surface area contributed by atoms with Gasteiger partial charge >= 0.3 is 5.69 Å². The van der Waals surface area contributed by atoms with Gasteiger partial charge in [0.05, 0.1) is 19.2 Å². The molecule has 4 rings (SSSR count). The molecule has 1 aromatic carbocycles. The van der Waals surface area contributed by atoms with E-state index in [0.29, 0.717) is 19.0 Å². The van der Waals surface area contributed by atoms with E-state index in [-0.39, 0.29) is 11.8 Å². The predicted molar refractivity (Wildman–Crippen MR) is 95.8 cm³/mol. The first-order chi connectivity index (χ1) is 12.3. The van der Waals surface area contributed by atoms with Gasteiger partial charge in [0.1, 0.15) is 5.82 Å². The summed E-state index contributed by atoms with van der Waals surface area (Å²) in [5.41, 5.74) is 1.13. The van der Waals surface area contributed by atoms with Crippen molar-refractivity contribution in [3.63, 3.8) is 0 Å². The lowest BCUT2D eigenvalue weighted by Gasteiger charge is -2.22. The molecular formula is C19H26N4O2. The Labute approximate surface area is 147 Å². The number of ether oxygens (including phenoxy) is 1. The fraction of sp³-hybridized carbons (Fsp3) is 0.579. The van der Waals surface area contributed by atoms with Gasteiger partial charge in [-0.3, -0.25) is 4.57 Å². The summed E-state index contributed by atoms with van der Waals surface area (Å²) >= 11 is 0. The molecule has 134 valence electrons. The van der Waals surface area contributed by atoms with Crippen LogP contribution in [0, 0.1) is 0 Å². The second-order valence-corrected chi connectivity index (χ2v) is 7.05. The molecule has 1 N–H and O–H groups in total. The van der Waals surface area contributed by atoms with Crippen LogP contribution in [-0.4, -0.2) is 40.1 Å². The molecule has 0 radical (unpaired) electrons. The summed E-state index contributed by atoms with van der Waals surface area (Å²) in [4.78, 5) is 13.0. The van der Waals surface area contributed by atoms with Crippen LogP contribution in [0.2, 0.25) is 0 Å². The zero-order chi connectivity index (χ0) is 17.1. The number of hydrogen-bond acceptors (Lipinski definition) is 4. The fourth-order valence-electron chi connectivity index (χ4n) is 3.85. The van der Waals surface area contributed by atoms with Crippen LogP contribution >= 0.6 is 0 Å². The smallest absolute Gasteiger partial charge is 0.346 e. The molecule has 0 spiro atoms. The van der Waals surface area contributed by atoms with Crippen LogP contribution in [-0.2, 0) is 17.8 Å². The van der Waals surface area contributed by atoms with Crippen LogP contribution in [0.1, 0.15) is 43.0 Å². The molecule has 1 atom stereocenters. The molecule has 6 heteroatoms. The lowest BCUT2D eigenvalue weighted by atomic mass is 9.97. The lowest BCUT2D eigenvalue weighted by molar-refractivity contribution is 0.0928. The van der Waals surface area contributed by atoms with Crippen molar-refractivity contribution in [2.75, 3.05) is 19.7 Å². The molecular weight excluding hydrogens is 316 g/mol. The van der Waals surface area contributed by atoms with Gasteiger partial charge in [0.15, 0.2) is 0 Å². The highest BCUT2D eigenvalue weighted by Crippen LogP contribution is 2.23. The van der Waals surface area contributed by atoms with Crippen molar-refractivity contribution in [2.24, 2.45) is 0 Å². The van der Waals surface area contributed by atoms with Crippen molar-refractivity contribution < 1.29 is 4.74 Å². The molecule has 2 aliphatic heterocycles. The zero-order valence-electron chi connectivity index (χ0n) is 14.6. The molecule has 0 bridgehead atoms. The molecule has 0 unspecified atom stereocenters. The average molecular weight is 342 g/mol. The van der Waals surface area contributed by atoms with E-state index in [1.807, 2.05) is 22.8 Å². The van der Waals surface area contributed by atoms with Gasteiger partial charge in [-0.05, 0) is 44.3 Å². The number of piperidine rings is 1. The first-order valence-corrected chi connectivity index (χ1v) is 9.35. The molecule has 2 aliphatic rings. The highest BCUT2D eigenvalue weighted by atomic mass is 16.5. The van der Waals surface area contributed by atoms with Crippen LogP contribution in [0.25, 0.3) is 0 Å². The van der Waals surface area contributed by atoms with E-state index in [2.05, 4.69) is 17.4 Å². The minimum atomic E-state index is -0.00659. The van der Waals surface area contributed by atoms with E-state index in [4.69, 9.17) is 9.84 Å². The van der Waals surface area contributed by atoms with Gasteiger partial charge in [-0.1, -0.05) is 30.3 Å². The van der Waals surface area contributed by atoms with E-state index in [1.54, 1.807) is 4.68 Å². The van der Waals surface area contributed by atoms with Crippen molar-refractivity contribution in [2.45, 2.75) is 50.8 Å². The minimum absolute atomic E-state index is 0.00659. The molecule has 2 fully saturated rings. The summed E-state index contributed by atoms with van der Waals surface area (Å²) in [5.74, 6) is 1.29. The van der Waals surface area contributed by atoms with Gasteiger partial charge in [-0.25, -0.2) is 9.48 Å². The molecule has 1 aromatic heterocycles. The van der Waals surface area contributed by atoms with Crippen molar-refractivity contribution >= 4 is 0 Å². The van der Waals surface area contributed by atoms with Crippen LogP contribution < -0.4 is 11.0 Å². The van der Waals surface area contributed by atoms with Gasteiger partial charge in [-0.2, -0.15) is 5.10 Å². The summed E-state index contributed by atoms with van der Waals surface area (Å²) < 4.78 is 9.22. The first kappa shape index (κ1) is 16.5. The Hall–Kier alpha value is -1.92. The van der Waals surface area contributed by atoms with Gasteiger partial charge in [-0.15, -0.1) is 0 Å². The molecule has 25 heavy (non-hydrogen) atoms. The monoisotopic (exact) mass is 342 g/mol. The topological polar surface area (TPSA) is 61.1 Å². The number of benzene rings is 1. The molecule has 2 aromatic rings. The summed E-state index contributed by atoms with van der Waals surface area (Å²) in [7, 11) is 0. The number of hydrogen-bond donors (Lipinski definition) is 1. The third-order valence-electron chi connectivity index (χ3n) is 5.24. The van der Waals surface area contributed by atoms with Crippen molar-refractivity contribution in [1.29, 1.82) is 0 Å². The summed E-state index contributed by atoms with van der Waals surface area (Å²) in [6.45, 7) is 3.93. The summed E-state index contributed by atoms with van der Waals surface area (Å²) in [6.07, 6.45) is 4.28. The molecule has 0 amide bonds. The van der Waals surface area contributed by atoms with Crippen LogP contribution in [0.5, 0.6) is 0 Å². The maximum atomic E-state index is 13.0. The van der Waals surface area contributed by atoms with Crippen molar-refractivity contribution in [3.8, 4) is 0 Å².